The number of benzene rings is 2. The third-order valence-corrected chi connectivity index (χ3v) is 4.20. The van der Waals surface area contributed by atoms with E-state index in [2.05, 4.69) is 6.58 Å². The molecule has 0 heterocycles. The largest absolute Gasteiger partial charge is 0.497 e. The first-order valence-electron chi connectivity index (χ1n) is 7.11. The molecule has 0 saturated heterocycles. The normalized spacial score (nSPS) is 12.7. The monoisotopic (exact) mass is 312 g/mol. The van der Waals surface area contributed by atoms with E-state index in [0.29, 0.717) is 6.42 Å². The fraction of sp³-hybridized carbons (Fsp3) is 0.158. The van der Waals surface area contributed by atoms with Crippen LogP contribution in [0, 0.1) is 0 Å². The highest BCUT2D eigenvalue weighted by Gasteiger charge is 2.07. The molecule has 0 amide bonds. The van der Waals surface area contributed by atoms with Crippen molar-refractivity contribution in [3.05, 3.63) is 78.9 Å². The maximum absolute atomic E-state index is 10.1. The molecule has 0 aliphatic heterocycles. The van der Waals surface area contributed by atoms with Gasteiger partial charge in [0.05, 0.1) is 13.2 Å². The second-order valence-electron chi connectivity index (χ2n) is 4.77. The first-order chi connectivity index (χ1) is 10.7. The summed E-state index contributed by atoms with van der Waals surface area (Å²) >= 11 is 1.63. The van der Waals surface area contributed by atoms with Gasteiger partial charge in [-0.3, -0.25) is 0 Å². The van der Waals surface area contributed by atoms with Gasteiger partial charge in [-0.25, -0.2) is 0 Å². The molecular formula is C19H20O2S. The van der Waals surface area contributed by atoms with Crippen LogP contribution in [0.2, 0.25) is 0 Å². The summed E-state index contributed by atoms with van der Waals surface area (Å²) in [6.07, 6.45) is 3.62. The van der Waals surface area contributed by atoms with Crippen LogP contribution < -0.4 is 4.74 Å². The lowest BCUT2D eigenvalue weighted by Gasteiger charge is -2.11. The van der Waals surface area contributed by atoms with Crippen molar-refractivity contribution >= 4 is 16.7 Å². The van der Waals surface area contributed by atoms with Gasteiger partial charge in [0.25, 0.3) is 0 Å². The second kappa shape index (κ2) is 8.47. The Balaban J connectivity index is 2.25. The lowest BCUT2D eigenvalue weighted by Crippen LogP contribution is -2.00. The van der Waals surface area contributed by atoms with Gasteiger partial charge in [0.2, 0.25) is 0 Å². The maximum atomic E-state index is 10.1. The average molecular weight is 312 g/mol. The van der Waals surface area contributed by atoms with Gasteiger partial charge >= 0.3 is 0 Å². The predicted molar refractivity (Wildman–Crippen MR) is 94.1 cm³/mol. The van der Waals surface area contributed by atoms with E-state index < -0.39 is 6.10 Å². The molecule has 2 nitrogen and oxygen atoms in total. The Labute approximate surface area is 136 Å². The van der Waals surface area contributed by atoms with Crippen molar-refractivity contribution in [1.82, 2.24) is 0 Å². The molecule has 0 bridgehead atoms. The summed E-state index contributed by atoms with van der Waals surface area (Å²) in [6, 6.07) is 18.0. The van der Waals surface area contributed by atoms with Gasteiger partial charge in [-0.15, -0.1) is 6.58 Å². The van der Waals surface area contributed by atoms with E-state index in [4.69, 9.17) is 4.74 Å². The number of aliphatic hydroxyl groups excluding tert-OH is 1. The van der Waals surface area contributed by atoms with E-state index in [1.807, 2.05) is 60.7 Å². The van der Waals surface area contributed by atoms with Gasteiger partial charge in [0, 0.05) is 9.80 Å². The molecule has 1 N–H and O–H groups in total. The molecule has 0 aliphatic rings. The number of hydrogen-bond donors (Lipinski definition) is 1. The minimum atomic E-state index is -0.529. The highest BCUT2D eigenvalue weighted by molar-refractivity contribution is 8.08. The molecule has 0 fully saturated rings. The van der Waals surface area contributed by atoms with Crippen LogP contribution in [0.1, 0.15) is 12.0 Å². The van der Waals surface area contributed by atoms with Crippen molar-refractivity contribution in [2.75, 3.05) is 7.11 Å². The smallest absolute Gasteiger partial charge is 0.118 e. The van der Waals surface area contributed by atoms with Crippen molar-refractivity contribution in [3.63, 3.8) is 0 Å². The minimum absolute atomic E-state index is 0.529. The first-order valence-corrected chi connectivity index (χ1v) is 7.92. The fourth-order valence-electron chi connectivity index (χ4n) is 1.98. The van der Waals surface area contributed by atoms with E-state index in [0.717, 1.165) is 21.1 Å². The molecule has 22 heavy (non-hydrogen) atoms. The van der Waals surface area contributed by atoms with Crippen LogP contribution in [-0.4, -0.2) is 18.3 Å². The molecule has 2 rings (SSSR count). The molecule has 0 aliphatic carbocycles. The van der Waals surface area contributed by atoms with E-state index in [9.17, 15) is 5.11 Å². The van der Waals surface area contributed by atoms with Gasteiger partial charge < -0.3 is 9.84 Å². The molecule has 0 spiro atoms. The van der Waals surface area contributed by atoms with E-state index >= 15 is 0 Å². The lowest BCUT2D eigenvalue weighted by molar-refractivity contribution is 0.228. The Hall–Kier alpha value is -1.97. The zero-order chi connectivity index (χ0) is 15.8. The summed E-state index contributed by atoms with van der Waals surface area (Å²) in [5.41, 5.74) is 1.09. The quantitative estimate of drug-likeness (QED) is 0.590. The predicted octanol–water partition coefficient (Wildman–Crippen LogP) is 4.77. The van der Waals surface area contributed by atoms with Gasteiger partial charge in [-0.1, -0.05) is 48.2 Å². The number of aliphatic hydroxyl groups is 1. The molecule has 1 unspecified atom stereocenters. The van der Waals surface area contributed by atoms with Gasteiger partial charge in [0.15, 0.2) is 0 Å². The van der Waals surface area contributed by atoms with Crippen molar-refractivity contribution in [3.8, 4) is 5.75 Å². The minimum Gasteiger partial charge on any atom is -0.497 e. The third kappa shape index (κ3) is 4.79. The van der Waals surface area contributed by atoms with Gasteiger partial charge in [0.1, 0.15) is 5.75 Å². The molecule has 0 aromatic heterocycles. The second-order valence-corrected chi connectivity index (χ2v) is 5.88. The lowest BCUT2D eigenvalue weighted by atomic mass is 10.1. The van der Waals surface area contributed by atoms with Crippen LogP contribution in [-0.2, 0) is 0 Å². The third-order valence-electron chi connectivity index (χ3n) is 3.10. The first kappa shape index (κ1) is 16.4. The molecule has 2 aromatic rings. The molecule has 0 radical (unpaired) electrons. The summed E-state index contributed by atoms with van der Waals surface area (Å²) < 4.78 is 5.18. The molecule has 1 atom stereocenters. The van der Waals surface area contributed by atoms with Crippen LogP contribution in [0.25, 0.3) is 4.91 Å². The summed E-state index contributed by atoms with van der Waals surface area (Å²) in [5.74, 6) is 0.835. The number of rotatable bonds is 7. The molecule has 2 aromatic carbocycles. The van der Waals surface area contributed by atoms with E-state index in [1.165, 1.54) is 0 Å². The van der Waals surface area contributed by atoms with Crippen molar-refractivity contribution in [1.29, 1.82) is 0 Å². The Kier molecular flexibility index (Phi) is 6.31. The fourth-order valence-corrected chi connectivity index (χ4v) is 2.98. The summed E-state index contributed by atoms with van der Waals surface area (Å²) in [4.78, 5) is 2.13. The summed E-state index contributed by atoms with van der Waals surface area (Å²) in [5, 5.41) is 10.1. The number of ether oxygens (including phenoxy) is 1. The summed E-state index contributed by atoms with van der Waals surface area (Å²) in [7, 11) is 1.66. The van der Waals surface area contributed by atoms with Crippen molar-refractivity contribution in [2.24, 2.45) is 0 Å². The van der Waals surface area contributed by atoms with Crippen LogP contribution in [0.5, 0.6) is 5.75 Å². The summed E-state index contributed by atoms with van der Waals surface area (Å²) in [6.45, 7) is 3.67. The molecule has 3 heteroatoms. The zero-order valence-electron chi connectivity index (χ0n) is 12.6. The Morgan fingerprint density at radius 2 is 1.86 bits per heavy atom. The number of hydrogen-bond acceptors (Lipinski definition) is 3. The number of thioether (sulfide) groups is 1. The Morgan fingerprint density at radius 3 is 2.45 bits per heavy atom. The van der Waals surface area contributed by atoms with Crippen LogP contribution in [0.15, 0.2) is 78.2 Å². The van der Waals surface area contributed by atoms with Gasteiger partial charge in [-0.2, -0.15) is 0 Å². The zero-order valence-corrected chi connectivity index (χ0v) is 13.4. The van der Waals surface area contributed by atoms with E-state index in [1.54, 1.807) is 24.9 Å². The highest BCUT2D eigenvalue weighted by Crippen LogP contribution is 2.35. The Morgan fingerprint density at radius 1 is 1.18 bits per heavy atom. The molecule has 0 saturated carbocycles. The number of methoxy groups -OCH3 is 1. The molecular weight excluding hydrogens is 292 g/mol. The van der Waals surface area contributed by atoms with Crippen LogP contribution in [0.3, 0.4) is 0 Å². The van der Waals surface area contributed by atoms with Crippen molar-refractivity contribution < 1.29 is 9.84 Å². The standard InChI is InChI=1S/C19H20O2S/c1-3-7-16(20)14-19(15-8-5-4-6-9-15)22-18-12-10-17(21-2)11-13-18/h3-6,8-14,16,20H,1,7H2,2H3/b19-14+. The maximum Gasteiger partial charge on any atom is 0.118 e. The van der Waals surface area contributed by atoms with Crippen LogP contribution >= 0.6 is 11.8 Å². The van der Waals surface area contributed by atoms with Crippen LogP contribution in [0.4, 0.5) is 0 Å². The Bertz CT molecular complexity index is 618. The van der Waals surface area contributed by atoms with E-state index in [-0.39, 0.29) is 0 Å². The topological polar surface area (TPSA) is 29.5 Å². The van der Waals surface area contributed by atoms with Crippen molar-refractivity contribution in [2.45, 2.75) is 17.4 Å². The van der Waals surface area contributed by atoms with Gasteiger partial charge in [-0.05, 0) is 42.3 Å². The molecule has 114 valence electrons. The average Bonchev–Trinajstić information content (AvgIpc) is 2.56. The SMILES string of the molecule is C=CCC(O)/C=C(/Sc1ccc(OC)cc1)c1ccccc1. The highest BCUT2D eigenvalue weighted by atomic mass is 32.2.